The van der Waals surface area contributed by atoms with Crippen molar-refractivity contribution < 1.29 is 0 Å². The second-order valence-corrected chi connectivity index (χ2v) is 6.12. The van der Waals surface area contributed by atoms with Crippen LogP contribution in [0.15, 0.2) is 47.6 Å². The Hall–Kier alpha value is -3.09. The number of aromatic nitrogens is 4. The van der Waals surface area contributed by atoms with Gasteiger partial charge in [-0.15, -0.1) is 0 Å². The summed E-state index contributed by atoms with van der Waals surface area (Å²) in [4.78, 5) is 4.29. The molecule has 1 aromatic carbocycles. The molecule has 3 aromatic rings. The predicted molar refractivity (Wildman–Crippen MR) is 103 cm³/mol. The lowest BCUT2D eigenvalue weighted by Crippen LogP contribution is -2.37. The number of guanidine groups is 1. The number of benzene rings is 1. The molecular formula is C19H25N7. The van der Waals surface area contributed by atoms with Crippen LogP contribution in [0.1, 0.15) is 22.6 Å². The molecule has 0 saturated carbocycles. The van der Waals surface area contributed by atoms with Gasteiger partial charge in [0.15, 0.2) is 5.96 Å². The third-order valence-corrected chi connectivity index (χ3v) is 4.46. The first kappa shape index (κ1) is 17.7. The second kappa shape index (κ2) is 7.86. The van der Waals surface area contributed by atoms with Crippen LogP contribution in [0.4, 0.5) is 0 Å². The fourth-order valence-electron chi connectivity index (χ4n) is 2.89. The van der Waals surface area contributed by atoms with Crippen LogP contribution >= 0.6 is 0 Å². The molecule has 7 heteroatoms. The van der Waals surface area contributed by atoms with Gasteiger partial charge in [0.2, 0.25) is 0 Å². The van der Waals surface area contributed by atoms with Crippen molar-refractivity contribution in [3.8, 4) is 5.69 Å². The Morgan fingerprint density at radius 1 is 1.08 bits per heavy atom. The third kappa shape index (κ3) is 3.77. The molecule has 2 heterocycles. The standard InChI is InChI=1S/C19H25N7/c1-14-18(15(2)26(24-14)16-8-6-5-7-9-16)13-22-19(20-3)21-12-17-10-11-23-25(17)4/h5-11H,12-13H2,1-4H3,(H2,20,21,22). The van der Waals surface area contributed by atoms with Gasteiger partial charge in [-0.3, -0.25) is 9.67 Å². The summed E-state index contributed by atoms with van der Waals surface area (Å²) in [7, 11) is 3.70. The molecule has 0 amide bonds. The quantitative estimate of drug-likeness (QED) is 0.545. The summed E-state index contributed by atoms with van der Waals surface area (Å²) < 4.78 is 3.83. The van der Waals surface area contributed by atoms with Crippen LogP contribution < -0.4 is 10.6 Å². The van der Waals surface area contributed by atoms with Crippen LogP contribution in [0, 0.1) is 13.8 Å². The predicted octanol–water partition coefficient (Wildman–Crippen LogP) is 2.09. The van der Waals surface area contributed by atoms with Crippen LogP contribution in [-0.2, 0) is 20.1 Å². The van der Waals surface area contributed by atoms with Gasteiger partial charge in [-0.05, 0) is 32.0 Å². The fraction of sp³-hybridized carbons (Fsp3) is 0.316. The normalized spacial score (nSPS) is 11.6. The van der Waals surface area contributed by atoms with Gasteiger partial charge >= 0.3 is 0 Å². The molecule has 0 aliphatic heterocycles. The van der Waals surface area contributed by atoms with E-state index in [4.69, 9.17) is 0 Å². The first-order valence-electron chi connectivity index (χ1n) is 8.62. The van der Waals surface area contributed by atoms with E-state index < -0.39 is 0 Å². The smallest absolute Gasteiger partial charge is 0.191 e. The first-order valence-corrected chi connectivity index (χ1v) is 8.62. The molecule has 136 valence electrons. The lowest BCUT2D eigenvalue weighted by Gasteiger charge is -2.12. The molecule has 0 spiro atoms. The van der Waals surface area contributed by atoms with Crippen molar-refractivity contribution >= 4 is 5.96 Å². The van der Waals surface area contributed by atoms with Crippen LogP contribution in [0.5, 0.6) is 0 Å². The zero-order valence-electron chi connectivity index (χ0n) is 15.7. The molecule has 0 aliphatic carbocycles. The number of rotatable bonds is 5. The molecule has 3 rings (SSSR count). The van der Waals surface area contributed by atoms with Gasteiger partial charge in [-0.2, -0.15) is 10.2 Å². The summed E-state index contributed by atoms with van der Waals surface area (Å²) in [5, 5.41) is 15.5. The Kier molecular flexibility index (Phi) is 5.36. The minimum absolute atomic E-state index is 0.662. The summed E-state index contributed by atoms with van der Waals surface area (Å²) >= 11 is 0. The second-order valence-electron chi connectivity index (χ2n) is 6.12. The molecular weight excluding hydrogens is 326 g/mol. The molecule has 0 atom stereocenters. The number of nitrogens with zero attached hydrogens (tertiary/aromatic N) is 5. The van der Waals surface area contributed by atoms with E-state index in [2.05, 4.69) is 44.9 Å². The van der Waals surface area contributed by atoms with Crippen LogP contribution in [0.3, 0.4) is 0 Å². The molecule has 7 nitrogen and oxygen atoms in total. The van der Waals surface area contributed by atoms with E-state index in [1.165, 1.54) is 5.56 Å². The van der Waals surface area contributed by atoms with E-state index in [9.17, 15) is 0 Å². The highest BCUT2D eigenvalue weighted by atomic mass is 15.3. The van der Waals surface area contributed by atoms with Crippen LogP contribution in [-0.4, -0.2) is 32.6 Å². The Morgan fingerprint density at radius 2 is 1.81 bits per heavy atom. The number of hydrogen-bond donors (Lipinski definition) is 2. The number of nitrogens with one attached hydrogen (secondary N) is 2. The van der Waals surface area contributed by atoms with Gasteiger partial charge < -0.3 is 10.6 Å². The highest BCUT2D eigenvalue weighted by molar-refractivity contribution is 5.79. The molecule has 0 fully saturated rings. The first-order chi connectivity index (χ1) is 12.6. The van der Waals surface area contributed by atoms with E-state index >= 15 is 0 Å². The maximum absolute atomic E-state index is 4.69. The van der Waals surface area contributed by atoms with Crippen molar-refractivity contribution in [1.29, 1.82) is 0 Å². The van der Waals surface area contributed by atoms with E-state index in [0.29, 0.717) is 13.1 Å². The lowest BCUT2D eigenvalue weighted by atomic mass is 10.2. The third-order valence-electron chi connectivity index (χ3n) is 4.46. The van der Waals surface area contributed by atoms with Gasteiger partial charge in [-0.25, -0.2) is 4.68 Å². The Bertz CT molecular complexity index is 890. The van der Waals surface area contributed by atoms with Gasteiger partial charge in [0, 0.05) is 38.1 Å². The maximum Gasteiger partial charge on any atom is 0.191 e. The fourth-order valence-corrected chi connectivity index (χ4v) is 2.89. The lowest BCUT2D eigenvalue weighted by molar-refractivity contribution is 0.684. The van der Waals surface area contributed by atoms with Crippen molar-refractivity contribution in [2.45, 2.75) is 26.9 Å². The van der Waals surface area contributed by atoms with Crippen LogP contribution in [0.2, 0.25) is 0 Å². The SMILES string of the molecule is CN=C(NCc1c(C)nn(-c2ccccc2)c1C)NCc1ccnn1C. The van der Waals surface area contributed by atoms with E-state index in [1.54, 1.807) is 13.2 Å². The molecule has 0 radical (unpaired) electrons. The maximum atomic E-state index is 4.69. The largest absolute Gasteiger partial charge is 0.352 e. The molecule has 0 unspecified atom stereocenters. The minimum atomic E-state index is 0.662. The summed E-state index contributed by atoms with van der Waals surface area (Å²) in [5.74, 6) is 0.748. The molecule has 2 aromatic heterocycles. The number of hydrogen-bond acceptors (Lipinski definition) is 3. The number of aryl methyl sites for hydroxylation is 2. The van der Waals surface area contributed by atoms with E-state index in [-0.39, 0.29) is 0 Å². The van der Waals surface area contributed by atoms with Crippen LogP contribution in [0.25, 0.3) is 5.69 Å². The highest BCUT2D eigenvalue weighted by Crippen LogP contribution is 2.17. The van der Waals surface area contributed by atoms with Gasteiger partial charge in [0.05, 0.1) is 23.6 Å². The van der Waals surface area contributed by atoms with Gasteiger partial charge in [0.1, 0.15) is 0 Å². The number of para-hydroxylation sites is 1. The topological polar surface area (TPSA) is 72.1 Å². The van der Waals surface area contributed by atoms with E-state index in [0.717, 1.165) is 28.7 Å². The Morgan fingerprint density at radius 3 is 2.46 bits per heavy atom. The molecule has 26 heavy (non-hydrogen) atoms. The van der Waals surface area contributed by atoms with Crippen molar-refractivity contribution in [1.82, 2.24) is 30.2 Å². The van der Waals surface area contributed by atoms with Gasteiger partial charge in [-0.1, -0.05) is 18.2 Å². The number of aliphatic imine (C=N–C) groups is 1. The molecule has 0 bridgehead atoms. The molecule has 0 saturated heterocycles. The zero-order valence-corrected chi connectivity index (χ0v) is 15.7. The summed E-state index contributed by atoms with van der Waals surface area (Å²) in [6.07, 6.45) is 1.79. The van der Waals surface area contributed by atoms with Crippen molar-refractivity contribution in [2.75, 3.05) is 7.05 Å². The Balaban J connectivity index is 1.67. The zero-order chi connectivity index (χ0) is 18.5. The van der Waals surface area contributed by atoms with E-state index in [1.807, 2.05) is 47.6 Å². The van der Waals surface area contributed by atoms with Crippen molar-refractivity contribution in [3.05, 3.63) is 65.2 Å². The average molecular weight is 351 g/mol. The summed E-state index contributed by atoms with van der Waals surface area (Å²) in [6.45, 7) is 5.46. The molecule has 2 N–H and O–H groups in total. The van der Waals surface area contributed by atoms with Gasteiger partial charge in [0.25, 0.3) is 0 Å². The molecule has 0 aliphatic rings. The average Bonchev–Trinajstić information content (AvgIpc) is 3.19. The Labute approximate surface area is 153 Å². The highest BCUT2D eigenvalue weighted by Gasteiger charge is 2.13. The monoisotopic (exact) mass is 351 g/mol. The summed E-state index contributed by atoms with van der Waals surface area (Å²) in [5.41, 5.74) is 5.48. The van der Waals surface area contributed by atoms with Crippen molar-refractivity contribution in [3.63, 3.8) is 0 Å². The van der Waals surface area contributed by atoms with Crippen molar-refractivity contribution in [2.24, 2.45) is 12.0 Å². The summed E-state index contributed by atoms with van der Waals surface area (Å²) in [6, 6.07) is 12.2. The minimum Gasteiger partial charge on any atom is -0.352 e.